The number of carbonyl (C=O) groups is 1. The fourth-order valence-corrected chi connectivity index (χ4v) is 5.66. The normalized spacial score (nSPS) is 20.8. The van der Waals surface area contributed by atoms with Crippen LogP contribution in [0.2, 0.25) is 5.02 Å². The molecule has 2 N–H and O–H groups in total. The predicted octanol–water partition coefficient (Wildman–Crippen LogP) is 3.75. The lowest BCUT2D eigenvalue weighted by molar-refractivity contribution is 0.122. The molecule has 2 atom stereocenters. The smallest absolute Gasteiger partial charge is 0.322 e. The number of carbonyl (C=O) groups excluding carboxylic acids is 1. The third-order valence-electron chi connectivity index (χ3n) is 7.12. The van der Waals surface area contributed by atoms with Crippen molar-refractivity contribution >= 4 is 29.1 Å². The number of anilines is 2. The number of ether oxygens (including phenoxy) is 1. The highest BCUT2D eigenvalue weighted by Gasteiger charge is 2.44. The number of fused-ring (bicyclic) bond motifs is 4. The van der Waals surface area contributed by atoms with E-state index >= 15 is 4.39 Å². The van der Waals surface area contributed by atoms with Gasteiger partial charge in [-0.2, -0.15) is 5.10 Å². The van der Waals surface area contributed by atoms with Gasteiger partial charge in [0.2, 0.25) is 0 Å². The Morgan fingerprint density at radius 3 is 2.81 bits per heavy atom. The number of halogens is 2. The summed E-state index contributed by atoms with van der Waals surface area (Å²) in [6.07, 6.45) is 3.74. The van der Waals surface area contributed by atoms with Crippen LogP contribution in [0.4, 0.5) is 20.7 Å². The summed E-state index contributed by atoms with van der Waals surface area (Å²) in [4.78, 5) is 33.2. The van der Waals surface area contributed by atoms with Crippen LogP contribution in [0.25, 0.3) is 11.1 Å². The second-order valence-electron chi connectivity index (χ2n) is 9.25. The minimum atomic E-state index is -0.591. The first kappa shape index (κ1) is 22.9. The number of nitrogens with zero attached hydrogens (tertiary/aromatic N) is 4. The van der Waals surface area contributed by atoms with Gasteiger partial charge in [0.15, 0.2) is 0 Å². The standard InChI is InChI=1S/C25H24ClFN6O3/c26-18-12-20(19(27)11-17(18)14-1-4-22(28-13-14)32-5-7-36-8-6-32)29-25(35)33-16-2-3-21(33)24-15(9-16)10-23(34)30-31-24/h1,4,10-13,16,21H,2-3,5-9H2,(H,29,35)(H,30,34)/t16-,21?/m0/s1. The molecule has 2 bridgehead atoms. The molecule has 6 rings (SSSR count). The maximum atomic E-state index is 15.1. The van der Waals surface area contributed by atoms with E-state index in [0.717, 1.165) is 37.3 Å². The summed E-state index contributed by atoms with van der Waals surface area (Å²) >= 11 is 6.52. The van der Waals surface area contributed by atoms with Gasteiger partial charge in [0.05, 0.1) is 35.7 Å². The monoisotopic (exact) mass is 510 g/mol. The average Bonchev–Trinajstić information content (AvgIpc) is 3.21. The van der Waals surface area contributed by atoms with E-state index < -0.39 is 11.8 Å². The zero-order chi connectivity index (χ0) is 24.8. The van der Waals surface area contributed by atoms with E-state index in [1.807, 2.05) is 12.1 Å². The topological polar surface area (TPSA) is 103 Å². The Balaban J connectivity index is 1.21. The van der Waals surface area contributed by atoms with Gasteiger partial charge in [-0.05, 0) is 49.1 Å². The van der Waals surface area contributed by atoms with Crippen LogP contribution in [0.15, 0.2) is 41.3 Å². The second-order valence-corrected chi connectivity index (χ2v) is 9.65. The number of hydrogen-bond donors (Lipinski definition) is 2. The van der Waals surface area contributed by atoms with Crippen LogP contribution in [0.3, 0.4) is 0 Å². The first-order valence-electron chi connectivity index (χ1n) is 11.9. The Bertz CT molecular complexity index is 1380. The van der Waals surface area contributed by atoms with Gasteiger partial charge < -0.3 is 19.9 Å². The van der Waals surface area contributed by atoms with Gasteiger partial charge >= 0.3 is 6.03 Å². The molecule has 0 spiro atoms. The molecule has 186 valence electrons. The van der Waals surface area contributed by atoms with Gasteiger partial charge in [-0.3, -0.25) is 4.79 Å². The molecule has 0 aliphatic carbocycles. The van der Waals surface area contributed by atoms with E-state index in [1.54, 1.807) is 17.2 Å². The second kappa shape index (κ2) is 9.18. The lowest BCUT2D eigenvalue weighted by Gasteiger charge is -2.35. The number of aromatic amines is 1. The molecule has 2 fully saturated rings. The Hall–Kier alpha value is -3.50. The van der Waals surface area contributed by atoms with E-state index in [-0.39, 0.29) is 23.3 Å². The highest BCUT2D eigenvalue weighted by atomic mass is 35.5. The van der Waals surface area contributed by atoms with Gasteiger partial charge in [0, 0.05) is 42.5 Å². The molecular formula is C25H24ClFN6O3. The summed E-state index contributed by atoms with van der Waals surface area (Å²) in [7, 11) is 0. The highest BCUT2D eigenvalue weighted by molar-refractivity contribution is 6.33. The third-order valence-corrected chi connectivity index (χ3v) is 7.43. The first-order valence-corrected chi connectivity index (χ1v) is 12.3. The number of amides is 2. The van der Waals surface area contributed by atoms with Crippen molar-refractivity contribution < 1.29 is 13.9 Å². The largest absolute Gasteiger partial charge is 0.378 e. The number of nitrogens with one attached hydrogen (secondary N) is 2. The number of H-pyrrole nitrogens is 1. The van der Waals surface area contributed by atoms with Crippen LogP contribution < -0.4 is 15.8 Å². The molecule has 36 heavy (non-hydrogen) atoms. The van der Waals surface area contributed by atoms with Gasteiger partial charge in [0.25, 0.3) is 5.56 Å². The molecular weight excluding hydrogens is 487 g/mol. The Morgan fingerprint density at radius 1 is 1.19 bits per heavy atom. The Kier molecular flexibility index (Phi) is 5.85. The molecule has 5 heterocycles. The highest BCUT2D eigenvalue weighted by Crippen LogP contribution is 2.42. The molecule has 1 unspecified atom stereocenters. The minimum Gasteiger partial charge on any atom is -0.378 e. The van der Waals surface area contributed by atoms with Crippen LogP contribution in [0.1, 0.15) is 30.1 Å². The third kappa shape index (κ3) is 4.10. The summed E-state index contributed by atoms with van der Waals surface area (Å²) in [5, 5.41) is 9.63. The van der Waals surface area contributed by atoms with Crippen LogP contribution in [-0.4, -0.2) is 58.5 Å². The maximum Gasteiger partial charge on any atom is 0.322 e. The predicted molar refractivity (Wildman–Crippen MR) is 133 cm³/mol. The maximum absolute atomic E-state index is 15.1. The Morgan fingerprint density at radius 2 is 2.03 bits per heavy atom. The number of rotatable bonds is 3. The van der Waals surface area contributed by atoms with Crippen molar-refractivity contribution in [2.75, 3.05) is 36.5 Å². The van der Waals surface area contributed by atoms with Crippen LogP contribution in [-0.2, 0) is 11.2 Å². The van der Waals surface area contributed by atoms with E-state index in [0.29, 0.717) is 41.5 Å². The molecule has 2 aromatic heterocycles. The lowest BCUT2D eigenvalue weighted by Crippen LogP contribution is -2.45. The number of aromatic nitrogens is 3. The minimum absolute atomic E-state index is 0.00581. The molecule has 11 heteroatoms. The first-order chi connectivity index (χ1) is 17.5. The van der Waals surface area contributed by atoms with Crippen molar-refractivity contribution in [3.05, 3.63) is 69.0 Å². The summed E-state index contributed by atoms with van der Waals surface area (Å²) in [6.45, 7) is 2.87. The number of hydrogen-bond acceptors (Lipinski definition) is 6. The lowest BCUT2D eigenvalue weighted by atomic mass is 9.99. The molecule has 3 aromatic rings. The van der Waals surface area contributed by atoms with Gasteiger partial charge in [-0.15, -0.1) is 0 Å². The van der Waals surface area contributed by atoms with Gasteiger partial charge in [-0.1, -0.05) is 11.6 Å². The quantitative estimate of drug-likeness (QED) is 0.556. The summed E-state index contributed by atoms with van der Waals surface area (Å²) < 4.78 is 20.5. The Labute approximate surface area is 211 Å². The number of urea groups is 1. The van der Waals surface area contributed by atoms with E-state index in [2.05, 4.69) is 25.4 Å². The fraction of sp³-hybridized carbons (Fsp3) is 0.360. The molecule has 0 radical (unpaired) electrons. The van der Waals surface area contributed by atoms with E-state index in [4.69, 9.17) is 16.3 Å². The van der Waals surface area contributed by atoms with Gasteiger partial charge in [-0.25, -0.2) is 19.3 Å². The van der Waals surface area contributed by atoms with Crippen molar-refractivity contribution in [2.45, 2.75) is 31.3 Å². The molecule has 1 aromatic carbocycles. The molecule has 3 aliphatic heterocycles. The number of morpholine rings is 1. The van der Waals surface area contributed by atoms with Gasteiger partial charge in [0.1, 0.15) is 11.6 Å². The molecule has 3 aliphatic rings. The van der Waals surface area contributed by atoms with Crippen LogP contribution >= 0.6 is 11.6 Å². The average molecular weight is 511 g/mol. The number of benzene rings is 1. The number of pyridine rings is 1. The summed E-state index contributed by atoms with van der Waals surface area (Å²) in [5.41, 5.74) is 2.48. The van der Waals surface area contributed by atoms with Crippen molar-refractivity contribution in [1.82, 2.24) is 20.1 Å². The van der Waals surface area contributed by atoms with E-state index in [1.165, 1.54) is 12.1 Å². The summed E-state index contributed by atoms with van der Waals surface area (Å²) in [5.74, 6) is 0.242. The molecule has 9 nitrogen and oxygen atoms in total. The SMILES string of the molecule is O=C(Nc1cc(Cl)c(-c2ccc(N3CCOCC3)nc2)cc1F)N1C2CC[C@H]1Cc1cc(=O)[nH]nc12. The molecule has 0 saturated carbocycles. The zero-order valence-electron chi connectivity index (χ0n) is 19.3. The van der Waals surface area contributed by atoms with Crippen molar-refractivity contribution in [2.24, 2.45) is 0 Å². The summed E-state index contributed by atoms with van der Waals surface area (Å²) in [6, 6.07) is 7.28. The van der Waals surface area contributed by atoms with Crippen molar-refractivity contribution in [3.8, 4) is 11.1 Å². The van der Waals surface area contributed by atoms with Crippen molar-refractivity contribution in [3.63, 3.8) is 0 Å². The van der Waals surface area contributed by atoms with Crippen LogP contribution in [0, 0.1) is 5.82 Å². The zero-order valence-corrected chi connectivity index (χ0v) is 20.1. The van der Waals surface area contributed by atoms with Crippen LogP contribution in [0.5, 0.6) is 0 Å². The fourth-order valence-electron chi connectivity index (χ4n) is 5.39. The van der Waals surface area contributed by atoms with E-state index in [9.17, 15) is 9.59 Å². The molecule has 2 saturated heterocycles. The van der Waals surface area contributed by atoms with Crippen molar-refractivity contribution in [1.29, 1.82) is 0 Å². The molecule has 2 amide bonds.